The fraction of sp³-hybridized carbons (Fsp3) is 0.238. The van der Waals surface area contributed by atoms with Crippen molar-refractivity contribution < 1.29 is 14.4 Å². The molecule has 0 aliphatic heterocycles. The predicted molar refractivity (Wildman–Crippen MR) is 112 cm³/mol. The summed E-state index contributed by atoms with van der Waals surface area (Å²) in [5, 5.41) is 12.4. The molecule has 28 heavy (non-hydrogen) atoms. The highest BCUT2D eigenvalue weighted by Gasteiger charge is 2.26. The molecule has 0 saturated carbocycles. The van der Waals surface area contributed by atoms with E-state index in [1.165, 1.54) is 0 Å². The fourth-order valence-electron chi connectivity index (χ4n) is 3.22. The van der Waals surface area contributed by atoms with E-state index in [1.807, 2.05) is 43.5 Å². The maximum Gasteiger partial charge on any atom is 0.214 e. The van der Waals surface area contributed by atoms with Crippen LogP contribution in [0.1, 0.15) is 24.0 Å². The molecular formula is C21H19BrN2O4. The molecule has 0 unspecified atom stereocenters. The first-order valence-electron chi connectivity index (χ1n) is 8.75. The minimum atomic E-state index is -0.455. The minimum Gasteiger partial charge on any atom is -0.490 e. The lowest BCUT2D eigenvalue weighted by molar-refractivity contribution is -0.481. The van der Waals surface area contributed by atoms with Crippen molar-refractivity contribution in [3.63, 3.8) is 0 Å². The van der Waals surface area contributed by atoms with Gasteiger partial charge in [0, 0.05) is 22.0 Å². The van der Waals surface area contributed by atoms with Gasteiger partial charge in [0.25, 0.3) is 0 Å². The molecule has 0 saturated heterocycles. The minimum absolute atomic E-state index is 0.0960. The standard InChI is InChI=1S/C21H19BrN2O4/c1-3-9-28-21-18(22)10-14(11-20(21)27-4-2)17(13-24(25)26)16-12-23-19-8-6-5-7-15(16)19/h1,5-8,10-12,17,23H,4,9,13H2,2H3/t17-/m0/s1. The summed E-state index contributed by atoms with van der Waals surface area (Å²) in [6.45, 7) is 2.14. The number of rotatable bonds is 8. The van der Waals surface area contributed by atoms with Crippen molar-refractivity contribution in [1.82, 2.24) is 4.98 Å². The van der Waals surface area contributed by atoms with Crippen LogP contribution in [0, 0.1) is 22.5 Å². The van der Waals surface area contributed by atoms with E-state index in [4.69, 9.17) is 15.9 Å². The van der Waals surface area contributed by atoms with Gasteiger partial charge >= 0.3 is 0 Å². The highest BCUT2D eigenvalue weighted by molar-refractivity contribution is 9.10. The van der Waals surface area contributed by atoms with Gasteiger partial charge in [0.2, 0.25) is 6.54 Å². The van der Waals surface area contributed by atoms with E-state index >= 15 is 0 Å². The monoisotopic (exact) mass is 442 g/mol. The van der Waals surface area contributed by atoms with Crippen LogP contribution in [0.4, 0.5) is 0 Å². The Kier molecular flexibility index (Phi) is 6.22. The number of nitro groups is 1. The number of hydrogen-bond acceptors (Lipinski definition) is 4. The van der Waals surface area contributed by atoms with E-state index in [0.717, 1.165) is 22.0 Å². The number of para-hydroxylation sites is 1. The molecule has 0 fully saturated rings. The molecule has 1 atom stereocenters. The first-order valence-corrected chi connectivity index (χ1v) is 9.54. The molecule has 1 aromatic heterocycles. The topological polar surface area (TPSA) is 77.4 Å². The number of nitrogens with zero attached hydrogens (tertiary/aromatic N) is 1. The Morgan fingerprint density at radius 1 is 1.32 bits per heavy atom. The van der Waals surface area contributed by atoms with Gasteiger partial charge in [-0.2, -0.15) is 0 Å². The molecule has 6 nitrogen and oxygen atoms in total. The van der Waals surface area contributed by atoms with Crippen LogP contribution in [0.5, 0.6) is 11.5 Å². The normalized spacial score (nSPS) is 11.8. The second-order valence-corrected chi connectivity index (χ2v) is 6.97. The third-order valence-corrected chi connectivity index (χ3v) is 4.95. The molecule has 7 heteroatoms. The number of aromatic amines is 1. The molecule has 3 rings (SSSR count). The lowest BCUT2D eigenvalue weighted by Gasteiger charge is -2.18. The summed E-state index contributed by atoms with van der Waals surface area (Å²) in [6.07, 6.45) is 7.12. The van der Waals surface area contributed by atoms with Crippen LogP contribution in [-0.4, -0.2) is 29.7 Å². The van der Waals surface area contributed by atoms with Crippen molar-refractivity contribution in [2.45, 2.75) is 12.8 Å². The molecule has 0 aliphatic carbocycles. The largest absolute Gasteiger partial charge is 0.490 e. The van der Waals surface area contributed by atoms with Crippen LogP contribution in [0.25, 0.3) is 10.9 Å². The highest BCUT2D eigenvalue weighted by Crippen LogP contribution is 2.41. The Balaban J connectivity index is 2.12. The van der Waals surface area contributed by atoms with E-state index in [-0.39, 0.29) is 18.1 Å². The number of aromatic nitrogens is 1. The molecular weight excluding hydrogens is 424 g/mol. The quantitative estimate of drug-likeness (QED) is 0.310. The number of nitrogens with one attached hydrogen (secondary N) is 1. The maximum absolute atomic E-state index is 11.4. The Bertz CT molecular complexity index is 1040. The molecule has 3 aromatic rings. The van der Waals surface area contributed by atoms with Gasteiger partial charge in [-0.05, 0) is 52.2 Å². The summed E-state index contributed by atoms with van der Waals surface area (Å²) < 4.78 is 11.9. The van der Waals surface area contributed by atoms with Gasteiger partial charge < -0.3 is 14.5 Å². The molecule has 2 aromatic carbocycles. The van der Waals surface area contributed by atoms with Crippen LogP contribution in [0.15, 0.2) is 47.1 Å². The zero-order valence-corrected chi connectivity index (χ0v) is 16.9. The van der Waals surface area contributed by atoms with Crippen molar-refractivity contribution >= 4 is 26.8 Å². The number of halogens is 1. The summed E-state index contributed by atoms with van der Waals surface area (Å²) in [7, 11) is 0. The predicted octanol–water partition coefficient (Wildman–Crippen LogP) is 4.75. The highest BCUT2D eigenvalue weighted by atomic mass is 79.9. The van der Waals surface area contributed by atoms with Crippen LogP contribution < -0.4 is 9.47 Å². The number of hydrogen-bond donors (Lipinski definition) is 1. The molecule has 0 amide bonds. The molecule has 0 radical (unpaired) electrons. The molecule has 0 aliphatic rings. The van der Waals surface area contributed by atoms with Gasteiger partial charge in [-0.3, -0.25) is 10.1 Å². The van der Waals surface area contributed by atoms with Crippen molar-refractivity contribution in [2.24, 2.45) is 0 Å². The second kappa shape index (κ2) is 8.81. The van der Waals surface area contributed by atoms with Crippen LogP contribution in [0.2, 0.25) is 0 Å². The molecule has 1 heterocycles. The molecule has 0 bridgehead atoms. The van der Waals surface area contributed by atoms with E-state index < -0.39 is 5.92 Å². The molecule has 144 valence electrons. The number of fused-ring (bicyclic) bond motifs is 1. The summed E-state index contributed by atoms with van der Waals surface area (Å²) in [6, 6.07) is 11.4. The van der Waals surface area contributed by atoms with Crippen molar-refractivity contribution in [3.05, 3.63) is 68.3 Å². The van der Waals surface area contributed by atoms with E-state index in [0.29, 0.717) is 22.6 Å². The SMILES string of the molecule is C#CCOc1c(Br)cc([C@H](C[N+](=O)[O-])c2c[nH]c3ccccc23)cc1OCC. The van der Waals surface area contributed by atoms with E-state index in [2.05, 4.69) is 26.8 Å². The van der Waals surface area contributed by atoms with Gasteiger partial charge in [-0.1, -0.05) is 24.1 Å². The summed E-state index contributed by atoms with van der Waals surface area (Å²) in [5.41, 5.74) is 2.55. The van der Waals surface area contributed by atoms with Crippen LogP contribution in [-0.2, 0) is 0 Å². The second-order valence-electron chi connectivity index (χ2n) is 6.11. The van der Waals surface area contributed by atoms with Crippen LogP contribution in [0.3, 0.4) is 0 Å². The van der Waals surface area contributed by atoms with Crippen molar-refractivity contribution in [3.8, 4) is 23.8 Å². The maximum atomic E-state index is 11.4. The average molecular weight is 443 g/mol. The van der Waals surface area contributed by atoms with Crippen LogP contribution >= 0.6 is 15.9 Å². The number of H-pyrrole nitrogens is 1. The lowest BCUT2D eigenvalue weighted by atomic mass is 9.90. The first kappa shape index (κ1) is 19.8. The third-order valence-electron chi connectivity index (χ3n) is 4.36. The zero-order chi connectivity index (χ0) is 20.1. The third kappa shape index (κ3) is 4.12. The van der Waals surface area contributed by atoms with E-state index in [9.17, 15) is 10.1 Å². The van der Waals surface area contributed by atoms with Gasteiger partial charge in [0.1, 0.15) is 6.61 Å². The van der Waals surface area contributed by atoms with Crippen molar-refractivity contribution in [1.29, 1.82) is 0 Å². The van der Waals surface area contributed by atoms with Gasteiger partial charge in [-0.15, -0.1) is 6.42 Å². The van der Waals surface area contributed by atoms with Gasteiger partial charge in [-0.25, -0.2) is 0 Å². The summed E-state index contributed by atoms with van der Waals surface area (Å²) >= 11 is 3.49. The van der Waals surface area contributed by atoms with Crippen molar-refractivity contribution in [2.75, 3.05) is 19.8 Å². The van der Waals surface area contributed by atoms with E-state index in [1.54, 1.807) is 6.07 Å². The smallest absolute Gasteiger partial charge is 0.214 e. The fourth-order valence-corrected chi connectivity index (χ4v) is 3.79. The van der Waals surface area contributed by atoms with Gasteiger partial charge in [0.15, 0.2) is 11.5 Å². The average Bonchev–Trinajstić information content (AvgIpc) is 3.09. The number of benzene rings is 2. The summed E-state index contributed by atoms with van der Waals surface area (Å²) in [5.74, 6) is 2.96. The molecule has 0 spiro atoms. The Labute approximate surface area is 171 Å². The Morgan fingerprint density at radius 2 is 2.11 bits per heavy atom. The summed E-state index contributed by atoms with van der Waals surface area (Å²) in [4.78, 5) is 14.3. The Morgan fingerprint density at radius 3 is 2.82 bits per heavy atom. The zero-order valence-electron chi connectivity index (χ0n) is 15.3. The molecule has 1 N–H and O–H groups in total. The number of ether oxygens (including phenoxy) is 2. The van der Waals surface area contributed by atoms with Gasteiger partial charge in [0.05, 0.1) is 17.0 Å². The Hall–Kier alpha value is -2.98. The first-order chi connectivity index (χ1) is 13.5. The number of terminal acetylenes is 1. The lowest BCUT2D eigenvalue weighted by Crippen LogP contribution is -2.14.